The van der Waals surface area contributed by atoms with Crippen molar-refractivity contribution in [2.45, 2.75) is 32.9 Å². The Kier molecular flexibility index (Phi) is 3.51. The molecule has 0 saturated carbocycles. The predicted octanol–water partition coefficient (Wildman–Crippen LogP) is 0.867. The SMILES string of the molecule is CCCC1=C(CN)C(O)NC(C)=C1. The minimum Gasteiger partial charge on any atom is -0.370 e. The number of dihydropyridines is 1. The molecule has 0 amide bonds. The summed E-state index contributed by atoms with van der Waals surface area (Å²) < 4.78 is 0. The molecule has 1 aliphatic rings. The first-order valence-corrected chi connectivity index (χ1v) is 4.74. The first-order valence-electron chi connectivity index (χ1n) is 4.74. The van der Waals surface area contributed by atoms with E-state index in [1.165, 1.54) is 5.57 Å². The zero-order valence-corrected chi connectivity index (χ0v) is 8.30. The van der Waals surface area contributed by atoms with Crippen LogP contribution in [0.25, 0.3) is 0 Å². The molecule has 13 heavy (non-hydrogen) atoms. The van der Waals surface area contributed by atoms with E-state index in [1.807, 2.05) is 6.92 Å². The third kappa shape index (κ3) is 2.32. The Hall–Kier alpha value is -0.800. The van der Waals surface area contributed by atoms with Crippen molar-refractivity contribution in [2.24, 2.45) is 5.73 Å². The Morgan fingerprint density at radius 3 is 2.85 bits per heavy atom. The van der Waals surface area contributed by atoms with Gasteiger partial charge in [-0.3, -0.25) is 0 Å². The van der Waals surface area contributed by atoms with Gasteiger partial charge in [0.15, 0.2) is 0 Å². The van der Waals surface area contributed by atoms with Crippen LogP contribution >= 0.6 is 0 Å². The highest BCUT2D eigenvalue weighted by Crippen LogP contribution is 2.20. The van der Waals surface area contributed by atoms with Gasteiger partial charge in [0, 0.05) is 12.2 Å². The molecule has 0 fully saturated rings. The van der Waals surface area contributed by atoms with Crippen molar-refractivity contribution in [1.29, 1.82) is 0 Å². The smallest absolute Gasteiger partial charge is 0.148 e. The van der Waals surface area contributed by atoms with Gasteiger partial charge in [0.2, 0.25) is 0 Å². The minimum absolute atomic E-state index is 0.424. The van der Waals surface area contributed by atoms with Gasteiger partial charge in [0.25, 0.3) is 0 Å². The summed E-state index contributed by atoms with van der Waals surface area (Å²) in [6, 6.07) is 0. The minimum atomic E-state index is -0.587. The van der Waals surface area contributed by atoms with E-state index in [9.17, 15) is 5.11 Å². The van der Waals surface area contributed by atoms with Crippen LogP contribution < -0.4 is 11.1 Å². The van der Waals surface area contributed by atoms with E-state index in [4.69, 9.17) is 5.73 Å². The fraction of sp³-hybridized carbons (Fsp3) is 0.600. The van der Waals surface area contributed by atoms with Crippen LogP contribution in [0.2, 0.25) is 0 Å². The molecule has 3 nitrogen and oxygen atoms in total. The Balaban J connectivity index is 2.90. The number of aliphatic hydroxyl groups is 1. The van der Waals surface area contributed by atoms with E-state index in [1.54, 1.807) is 0 Å². The zero-order chi connectivity index (χ0) is 9.84. The largest absolute Gasteiger partial charge is 0.370 e. The summed E-state index contributed by atoms with van der Waals surface area (Å²) in [5.74, 6) is 0. The fourth-order valence-electron chi connectivity index (χ4n) is 1.62. The molecular formula is C10H18N2O. The predicted molar refractivity (Wildman–Crippen MR) is 53.9 cm³/mol. The van der Waals surface area contributed by atoms with Crippen LogP contribution in [0, 0.1) is 0 Å². The molecule has 0 spiro atoms. The molecule has 0 saturated heterocycles. The van der Waals surface area contributed by atoms with Crippen molar-refractivity contribution in [2.75, 3.05) is 6.54 Å². The van der Waals surface area contributed by atoms with Crippen LogP contribution in [-0.2, 0) is 0 Å². The number of nitrogens with one attached hydrogen (secondary N) is 1. The van der Waals surface area contributed by atoms with Crippen LogP contribution in [0.5, 0.6) is 0 Å². The molecule has 4 N–H and O–H groups in total. The summed E-state index contributed by atoms with van der Waals surface area (Å²) in [5.41, 5.74) is 8.69. The first-order chi connectivity index (χ1) is 6.19. The number of rotatable bonds is 3. The highest BCUT2D eigenvalue weighted by Gasteiger charge is 2.17. The maximum atomic E-state index is 9.65. The van der Waals surface area contributed by atoms with Crippen LogP contribution in [-0.4, -0.2) is 17.9 Å². The summed E-state index contributed by atoms with van der Waals surface area (Å²) in [5, 5.41) is 12.6. The molecule has 0 aromatic rings. The first kappa shape index (κ1) is 10.3. The van der Waals surface area contributed by atoms with Gasteiger partial charge < -0.3 is 16.2 Å². The number of allylic oxidation sites excluding steroid dienone is 3. The monoisotopic (exact) mass is 182 g/mol. The molecule has 1 rings (SSSR count). The Labute approximate surface area is 79.3 Å². The van der Waals surface area contributed by atoms with Crippen molar-refractivity contribution >= 4 is 0 Å². The fourth-order valence-corrected chi connectivity index (χ4v) is 1.62. The van der Waals surface area contributed by atoms with Crippen molar-refractivity contribution in [3.8, 4) is 0 Å². The second-order valence-electron chi connectivity index (χ2n) is 3.38. The lowest BCUT2D eigenvalue weighted by atomic mass is 9.98. The molecule has 1 heterocycles. The topological polar surface area (TPSA) is 58.3 Å². The highest BCUT2D eigenvalue weighted by molar-refractivity contribution is 5.35. The summed E-state index contributed by atoms with van der Waals surface area (Å²) in [7, 11) is 0. The van der Waals surface area contributed by atoms with Crippen molar-refractivity contribution < 1.29 is 5.11 Å². The molecule has 0 bridgehead atoms. The number of hydrogen-bond donors (Lipinski definition) is 3. The summed E-state index contributed by atoms with van der Waals surface area (Å²) in [6.45, 7) is 4.50. The summed E-state index contributed by atoms with van der Waals surface area (Å²) in [6.07, 6.45) is 3.55. The molecule has 0 radical (unpaired) electrons. The lowest BCUT2D eigenvalue weighted by molar-refractivity contribution is 0.180. The maximum Gasteiger partial charge on any atom is 0.148 e. The average Bonchev–Trinajstić information content (AvgIpc) is 2.04. The van der Waals surface area contributed by atoms with Gasteiger partial charge in [-0.25, -0.2) is 0 Å². The van der Waals surface area contributed by atoms with E-state index in [0.717, 1.165) is 24.1 Å². The zero-order valence-electron chi connectivity index (χ0n) is 8.30. The molecule has 1 unspecified atom stereocenters. The number of hydrogen-bond acceptors (Lipinski definition) is 3. The summed E-state index contributed by atoms with van der Waals surface area (Å²) >= 11 is 0. The van der Waals surface area contributed by atoms with Gasteiger partial charge in [0.1, 0.15) is 6.23 Å². The standard InChI is InChI=1S/C10H18N2O/c1-3-4-8-5-7(2)12-10(13)9(8)6-11/h5,10,12-13H,3-4,6,11H2,1-2H3. The van der Waals surface area contributed by atoms with Gasteiger partial charge >= 0.3 is 0 Å². The Morgan fingerprint density at radius 1 is 1.62 bits per heavy atom. The molecule has 74 valence electrons. The van der Waals surface area contributed by atoms with Gasteiger partial charge in [-0.15, -0.1) is 0 Å². The van der Waals surface area contributed by atoms with Crippen LogP contribution in [0.3, 0.4) is 0 Å². The third-order valence-electron chi connectivity index (χ3n) is 2.24. The van der Waals surface area contributed by atoms with Gasteiger partial charge in [-0.1, -0.05) is 13.3 Å². The molecule has 0 aromatic carbocycles. The van der Waals surface area contributed by atoms with Crippen LogP contribution in [0.15, 0.2) is 22.9 Å². The highest BCUT2D eigenvalue weighted by atomic mass is 16.3. The molecule has 1 aliphatic heterocycles. The molecule has 3 heteroatoms. The van der Waals surface area contributed by atoms with Crippen molar-refractivity contribution in [3.63, 3.8) is 0 Å². The molecular weight excluding hydrogens is 164 g/mol. The average molecular weight is 182 g/mol. The van der Waals surface area contributed by atoms with Gasteiger partial charge in [0.05, 0.1) is 0 Å². The van der Waals surface area contributed by atoms with E-state index in [0.29, 0.717) is 6.54 Å². The summed E-state index contributed by atoms with van der Waals surface area (Å²) in [4.78, 5) is 0. The van der Waals surface area contributed by atoms with Crippen molar-refractivity contribution in [1.82, 2.24) is 5.32 Å². The quantitative estimate of drug-likeness (QED) is 0.607. The number of nitrogens with two attached hydrogens (primary N) is 1. The normalized spacial score (nSPS) is 22.8. The lowest BCUT2D eigenvalue weighted by Crippen LogP contribution is -2.35. The van der Waals surface area contributed by atoms with Crippen LogP contribution in [0.1, 0.15) is 26.7 Å². The second kappa shape index (κ2) is 4.44. The Morgan fingerprint density at radius 2 is 2.31 bits per heavy atom. The second-order valence-corrected chi connectivity index (χ2v) is 3.38. The van der Waals surface area contributed by atoms with E-state index < -0.39 is 6.23 Å². The molecule has 0 aromatic heterocycles. The van der Waals surface area contributed by atoms with Crippen molar-refractivity contribution in [3.05, 3.63) is 22.9 Å². The van der Waals surface area contributed by atoms with Gasteiger partial charge in [-0.2, -0.15) is 0 Å². The Bertz CT molecular complexity index is 243. The maximum absolute atomic E-state index is 9.65. The lowest BCUT2D eigenvalue weighted by Gasteiger charge is -2.24. The van der Waals surface area contributed by atoms with E-state index in [-0.39, 0.29) is 0 Å². The van der Waals surface area contributed by atoms with Gasteiger partial charge in [-0.05, 0) is 30.6 Å². The molecule has 1 atom stereocenters. The van der Waals surface area contributed by atoms with E-state index >= 15 is 0 Å². The van der Waals surface area contributed by atoms with E-state index in [2.05, 4.69) is 18.3 Å². The third-order valence-corrected chi connectivity index (χ3v) is 2.24. The van der Waals surface area contributed by atoms with Crippen LogP contribution in [0.4, 0.5) is 0 Å². The molecule has 0 aliphatic carbocycles. The number of aliphatic hydroxyl groups excluding tert-OH is 1.